The van der Waals surface area contributed by atoms with Gasteiger partial charge in [0.1, 0.15) is 17.8 Å². The molecule has 13 nitrogen and oxygen atoms in total. The first-order valence-corrected chi connectivity index (χ1v) is 16.5. The quantitative estimate of drug-likeness (QED) is 0.134. The number of aromatic nitrogens is 4. The van der Waals surface area contributed by atoms with Crippen LogP contribution in [-0.2, 0) is 4.79 Å². The summed E-state index contributed by atoms with van der Waals surface area (Å²) in [5.74, 6) is 4.96. The molecule has 7 rings (SSSR count). The van der Waals surface area contributed by atoms with Crippen molar-refractivity contribution in [3.63, 3.8) is 0 Å². The molecule has 2 aliphatic rings. The monoisotopic (exact) mass is 678 g/mol. The van der Waals surface area contributed by atoms with Crippen LogP contribution in [0.25, 0.3) is 33.3 Å². The molecule has 0 bridgehead atoms. The number of pyridine rings is 1. The van der Waals surface area contributed by atoms with Gasteiger partial charge >= 0.3 is 0 Å². The predicted octanol–water partition coefficient (Wildman–Crippen LogP) is 4.25. The summed E-state index contributed by atoms with van der Waals surface area (Å²) >= 11 is 0. The number of ether oxygens (including phenoxy) is 1. The fourth-order valence-electron chi connectivity index (χ4n) is 6.67. The van der Waals surface area contributed by atoms with Gasteiger partial charge in [-0.2, -0.15) is 5.10 Å². The summed E-state index contributed by atoms with van der Waals surface area (Å²) in [5, 5.41) is 12.0. The fraction of sp³-hybridized carbons (Fsp3) is 0.278. The van der Waals surface area contributed by atoms with Crippen LogP contribution in [-0.4, -0.2) is 107 Å². The Labute approximate surface area is 289 Å². The number of para-hydroxylation sites is 1. The lowest BCUT2D eigenvalue weighted by atomic mass is 9.93. The van der Waals surface area contributed by atoms with Crippen LogP contribution in [0.5, 0.6) is 5.75 Å². The van der Waals surface area contributed by atoms with Crippen molar-refractivity contribution >= 4 is 52.1 Å². The molecule has 0 saturated carbocycles. The lowest BCUT2D eigenvalue weighted by molar-refractivity contribution is -0.130. The number of piperazine rings is 1. The number of aromatic amines is 1. The second kappa shape index (κ2) is 14.2. The first kappa shape index (κ1) is 32.5. The maximum absolute atomic E-state index is 16.6. The number of carbonyl (C=O) groups excluding carboxylic acids is 2. The molecule has 258 valence electrons. The van der Waals surface area contributed by atoms with Crippen LogP contribution >= 0.6 is 0 Å². The molecule has 5 heterocycles. The average molecular weight is 679 g/mol. The van der Waals surface area contributed by atoms with Gasteiger partial charge < -0.3 is 30.3 Å². The molecule has 0 aliphatic carbocycles. The number of halogens is 1. The molecule has 2 aromatic carbocycles. The molecule has 2 aliphatic heterocycles. The number of H-pyrrole nitrogens is 1. The van der Waals surface area contributed by atoms with Crippen LogP contribution in [0.15, 0.2) is 77.2 Å². The van der Waals surface area contributed by atoms with E-state index >= 15 is 4.39 Å². The number of methoxy groups -OCH3 is 1. The van der Waals surface area contributed by atoms with Gasteiger partial charge in [0.25, 0.3) is 5.91 Å². The SMILES string of the molecule is COc1ccccc1-c1cc(C2=CCCN(C(=O)CCN=C/C=N\N)C2)c(F)c2[nH]c(C(=O)N3CCN(c4ccn5cnnc5c4)CC3)cc12.[HH]. The van der Waals surface area contributed by atoms with Crippen LogP contribution in [0.1, 0.15) is 30.3 Å². The molecule has 3 aromatic heterocycles. The Hall–Kier alpha value is -6.05. The van der Waals surface area contributed by atoms with Gasteiger partial charge in [0.2, 0.25) is 5.91 Å². The highest BCUT2D eigenvalue weighted by atomic mass is 19.1. The Morgan fingerprint density at radius 3 is 2.70 bits per heavy atom. The van der Waals surface area contributed by atoms with Crippen LogP contribution in [0.2, 0.25) is 0 Å². The van der Waals surface area contributed by atoms with Gasteiger partial charge in [0.05, 0.1) is 18.8 Å². The normalized spacial score (nSPS) is 15.5. The van der Waals surface area contributed by atoms with Gasteiger partial charge in [-0.1, -0.05) is 24.3 Å². The third-order valence-electron chi connectivity index (χ3n) is 9.26. The second-order valence-electron chi connectivity index (χ2n) is 12.2. The van der Waals surface area contributed by atoms with Crippen molar-refractivity contribution in [2.75, 3.05) is 57.8 Å². The van der Waals surface area contributed by atoms with Gasteiger partial charge in [-0.3, -0.25) is 19.0 Å². The van der Waals surface area contributed by atoms with Crippen molar-refractivity contribution < 1.29 is 20.1 Å². The number of hydrazone groups is 1. The highest BCUT2D eigenvalue weighted by Crippen LogP contribution is 2.40. The number of nitrogens with two attached hydrogens (primary N) is 1. The number of benzene rings is 2. The smallest absolute Gasteiger partial charge is 0.270 e. The number of hydrogen-bond donors (Lipinski definition) is 2. The number of fused-ring (bicyclic) bond motifs is 2. The topological polar surface area (TPSA) is 150 Å². The van der Waals surface area contributed by atoms with E-state index in [1.807, 2.05) is 53.1 Å². The third kappa shape index (κ3) is 6.39. The molecule has 14 heteroatoms. The maximum Gasteiger partial charge on any atom is 0.270 e. The second-order valence-corrected chi connectivity index (χ2v) is 12.2. The van der Waals surface area contributed by atoms with Crippen LogP contribution in [0.4, 0.5) is 10.1 Å². The molecule has 50 heavy (non-hydrogen) atoms. The number of nitrogens with one attached hydrogen (secondary N) is 1. The summed E-state index contributed by atoms with van der Waals surface area (Å²) in [7, 11) is 1.59. The predicted molar refractivity (Wildman–Crippen MR) is 193 cm³/mol. The summed E-state index contributed by atoms with van der Waals surface area (Å²) in [5.41, 5.74) is 4.86. The van der Waals surface area contributed by atoms with Crippen molar-refractivity contribution in [1.29, 1.82) is 0 Å². The Kier molecular flexibility index (Phi) is 9.23. The molecular formula is C36H39FN10O3. The van der Waals surface area contributed by atoms with E-state index in [9.17, 15) is 9.59 Å². The first-order chi connectivity index (χ1) is 24.4. The zero-order chi connectivity index (χ0) is 34.6. The molecule has 5 aromatic rings. The molecule has 1 fully saturated rings. The van der Waals surface area contributed by atoms with E-state index in [2.05, 4.69) is 30.2 Å². The van der Waals surface area contributed by atoms with E-state index < -0.39 is 5.82 Å². The van der Waals surface area contributed by atoms with Gasteiger partial charge in [-0.25, -0.2) is 4.39 Å². The minimum atomic E-state index is -0.474. The van der Waals surface area contributed by atoms with Gasteiger partial charge in [-0.05, 0) is 41.8 Å². The van der Waals surface area contributed by atoms with Gasteiger partial charge in [-0.15, -0.1) is 10.2 Å². The zero-order valence-corrected chi connectivity index (χ0v) is 27.6. The van der Waals surface area contributed by atoms with Crippen molar-refractivity contribution in [2.24, 2.45) is 15.9 Å². The number of aliphatic imine (C=N–C) groups is 1. The Bertz CT molecular complexity index is 2150. The van der Waals surface area contributed by atoms with E-state index in [4.69, 9.17) is 10.6 Å². The van der Waals surface area contributed by atoms with Crippen LogP contribution < -0.4 is 15.5 Å². The summed E-state index contributed by atoms with van der Waals surface area (Å²) in [6, 6.07) is 15.1. The fourth-order valence-corrected chi connectivity index (χ4v) is 6.67. The molecule has 2 amide bonds. The highest BCUT2D eigenvalue weighted by molar-refractivity contribution is 6.15. The molecule has 0 atom stereocenters. The number of rotatable bonds is 9. The zero-order valence-electron chi connectivity index (χ0n) is 27.6. The van der Waals surface area contributed by atoms with Crippen molar-refractivity contribution in [3.8, 4) is 16.9 Å². The molecule has 0 radical (unpaired) electrons. The van der Waals surface area contributed by atoms with E-state index in [0.29, 0.717) is 73.7 Å². The number of amides is 2. The largest absolute Gasteiger partial charge is 0.496 e. The number of anilines is 1. The van der Waals surface area contributed by atoms with E-state index in [1.165, 1.54) is 12.4 Å². The summed E-state index contributed by atoms with van der Waals surface area (Å²) in [4.78, 5) is 40.0. The van der Waals surface area contributed by atoms with Gasteiger partial charge in [0, 0.05) is 94.3 Å². The summed E-state index contributed by atoms with van der Waals surface area (Å²) < 4.78 is 24.2. The van der Waals surface area contributed by atoms with Crippen LogP contribution in [0.3, 0.4) is 0 Å². The third-order valence-corrected chi connectivity index (χ3v) is 9.26. The van der Waals surface area contributed by atoms with E-state index in [1.54, 1.807) is 35.4 Å². The Morgan fingerprint density at radius 1 is 1.04 bits per heavy atom. The standard InChI is InChI=1S/C36H37FN10O3.H2/c1-50-31-7-3-2-6-26(31)28-20-27(24-5-4-13-46(22-24)33(48)8-10-39-11-12-40-38)34(37)35-29(28)21-30(42-35)36(49)45-17-15-44(16-18-45)25-9-14-47-23-41-43-32(47)19-25;/h2-3,5-7,9,11-12,14,19-21,23,42H,4,8,10,13,15-18,22,38H2,1H3;1H/b39-11?,40-12-;. The van der Waals surface area contributed by atoms with Gasteiger partial charge in [0.15, 0.2) is 11.5 Å². The molecule has 0 unspecified atom stereocenters. The molecular weight excluding hydrogens is 639 g/mol. The number of nitrogens with zero attached hydrogens (tertiary/aromatic N) is 8. The number of carbonyl (C=O) groups is 2. The Morgan fingerprint density at radius 2 is 1.88 bits per heavy atom. The summed E-state index contributed by atoms with van der Waals surface area (Å²) in [6.45, 7) is 3.36. The average Bonchev–Trinajstić information content (AvgIpc) is 3.83. The van der Waals surface area contributed by atoms with Crippen LogP contribution in [0, 0.1) is 5.82 Å². The minimum absolute atomic E-state index is 0. The molecule has 1 saturated heterocycles. The van der Waals surface area contributed by atoms with Crippen molar-refractivity contribution in [1.82, 2.24) is 29.4 Å². The lowest BCUT2D eigenvalue weighted by Crippen LogP contribution is -2.48. The number of hydrogen-bond acceptors (Lipinski definition) is 9. The summed E-state index contributed by atoms with van der Waals surface area (Å²) in [6.07, 6.45) is 9.16. The maximum atomic E-state index is 16.6. The van der Waals surface area contributed by atoms with E-state index in [-0.39, 0.29) is 31.7 Å². The molecule has 0 spiro atoms. The molecule has 3 N–H and O–H groups in total. The minimum Gasteiger partial charge on any atom is -0.496 e. The first-order valence-electron chi connectivity index (χ1n) is 16.5. The van der Waals surface area contributed by atoms with E-state index in [0.717, 1.165) is 22.5 Å². The van der Waals surface area contributed by atoms with Crippen molar-refractivity contribution in [2.45, 2.75) is 12.8 Å². The highest BCUT2D eigenvalue weighted by Gasteiger charge is 2.28. The van der Waals surface area contributed by atoms with Crippen molar-refractivity contribution in [3.05, 3.63) is 84.2 Å². The Balaban J connectivity index is 0.00000448. The lowest BCUT2D eigenvalue weighted by Gasteiger charge is -2.35.